The molecule has 6 nitrogen and oxygen atoms in total. The Morgan fingerprint density at radius 2 is 1.88 bits per heavy atom. The molecule has 2 N–H and O–H groups in total. The summed E-state index contributed by atoms with van der Waals surface area (Å²) in [4.78, 5) is 4.61. The molecule has 0 aliphatic heterocycles. The summed E-state index contributed by atoms with van der Waals surface area (Å²) in [6, 6.07) is 7.77. The first-order chi connectivity index (χ1) is 12.5. The summed E-state index contributed by atoms with van der Waals surface area (Å²) in [5.41, 5.74) is 9.87. The molecule has 2 heterocycles. The number of nitrogens with zero attached hydrogens (tertiary/aromatic N) is 4. The van der Waals surface area contributed by atoms with Gasteiger partial charge in [-0.2, -0.15) is 10.1 Å². The smallest absolute Gasteiger partial charge is 0.261 e. The number of nitrogens with two attached hydrogens (primary N) is 1. The first-order valence-electron chi connectivity index (χ1n) is 8.88. The minimum absolute atomic E-state index is 0.455. The molecule has 4 rings (SSSR count). The van der Waals surface area contributed by atoms with Gasteiger partial charge in [0.2, 0.25) is 0 Å². The molecule has 0 unspecified atom stereocenters. The third kappa shape index (κ3) is 3.04. The fourth-order valence-corrected chi connectivity index (χ4v) is 3.81. The highest BCUT2D eigenvalue weighted by Crippen LogP contribution is 2.36. The van der Waals surface area contributed by atoms with E-state index < -0.39 is 5.54 Å². The summed E-state index contributed by atoms with van der Waals surface area (Å²) in [6.45, 7) is 4.63. The normalized spacial score (nSPS) is 16.3. The molecule has 1 saturated carbocycles. The Kier molecular flexibility index (Phi) is 4.32. The van der Waals surface area contributed by atoms with Gasteiger partial charge in [-0.05, 0) is 44.4 Å². The molecule has 0 spiro atoms. The van der Waals surface area contributed by atoms with Gasteiger partial charge >= 0.3 is 0 Å². The van der Waals surface area contributed by atoms with Crippen LogP contribution in [-0.4, -0.2) is 19.9 Å². The van der Waals surface area contributed by atoms with Gasteiger partial charge < -0.3 is 10.3 Å². The van der Waals surface area contributed by atoms with E-state index in [0.29, 0.717) is 18.3 Å². The third-order valence-electron chi connectivity index (χ3n) is 5.21. The summed E-state index contributed by atoms with van der Waals surface area (Å²) >= 11 is 5.96. The van der Waals surface area contributed by atoms with Crippen LogP contribution in [0, 0.1) is 13.8 Å². The molecule has 0 atom stereocenters. The van der Waals surface area contributed by atoms with Crippen molar-refractivity contribution in [2.45, 2.75) is 51.6 Å². The predicted octanol–water partition coefficient (Wildman–Crippen LogP) is 3.98. The van der Waals surface area contributed by atoms with Crippen LogP contribution in [0.2, 0.25) is 5.02 Å². The number of aryl methyl sites for hydroxylation is 1. The number of aromatic nitrogens is 4. The zero-order valence-electron chi connectivity index (χ0n) is 15.0. The van der Waals surface area contributed by atoms with E-state index >= 15 is 0 Å². The lowest BCUT2D eigenvalue weighted by Gasteiger charge is -2.17. The number of benzene rings is 1. The number of hydrogen-bond donors (Lipinski definition) is 1. The van der Waals surface area contributed by atoms with E-state index in [-0.39, 0.29) is 0 Å². The van der Waals surface area contributed by atoms with Crippen molar-refractivity contribution in [2.75, 3.05) is 0 Å². The Bertz CT molecular complexity index is 922. The lowest BCUT2D eigenvalue weighted by molar-refractivity contribution is 0.372. The Hall–Kier alpha value is -2.18. The van der Waals surface area contributed by atoms with Crippen molar-refractivity contribution in [3.63, 3.8) is 0 Å². The van der Waals surface area contributed by atoms with Crippen molar-refractivity contribution in [1.82, 2.24) is 19.9 Å². The second-order valence-electron chi connectivity index (χ2n) is 7.12. The van der Waals surface area contributed by atoms with Gasteiger partial charge in [0, 0.05) is 10.7 Å². The number of rotatable bonds is 4. The second-order valence-corrected chi connectivity index (χ2v) is 7.55. The van der Waals surface area contributed by atoms with Crippen molar-refractivity contribution in [3.05, 3.63) is 52.1 Å². The molecular weight excluding hydrogens is 350 g/mol. The first kappa shape index (κ1) is 17.2. The summed E-state index contributed by atoms with van der Waals surface area (Å²) in [6.07, 6.45) is 4.02. The fraction of sp³-hybridized carbons (Fsp3) is 0.421. The van der Waals surface area contributed by atoms with Crippen molar-refractivity contribution >= 4 is 11.6 Å². The molecule has 0 saturated heterocycles. The zero-order valence-corrected chi connectivity index (χ0v) is 15.8. The maximum Gasteiger partial charge on any atom is 0.261 e. The van der Waals surface area contributed by atoms with Crippen LogP contribution in [0.15, 0.2) is 28.8 Å². The molecule has 7 heteroatoms. The van der Waals surface area contributed by atoms with Gasteiger partial charge in [0.1, 0.15) is 0 Å². The topological polar surface area (TPSA) is 82.8 Å². The van der Waals surface area contributed by atoms with Gasteiger partial charge in [-0.25, -0.2) is 0 Å². The van der Waals surface area contributed by atoms with Crippen LogP contribution < -0.4 is 5.73 Å². The average molecular weight is 372 g/mol. The van der Waals surface area contributed by atoms with Crippen molar-refractivity contribution in [3.8, 4) is 11.5 Å². The lowest BCUT2D eigenvalue weighted by atomic mass is 9.98. The maximum absolute atomic E-state index is 6.45. The summed E-state index contributed by atoms with van der Waals surface area (Å²) in [5.74, 6) is 1.10. The van der Waals surface area contributed by atoms with Crippen LogP contribution in [0.25, 0.3) is 11.5 Å². The predicted molar refractivity (Wildman–Crippen MR) is 99.9 cm³/mol. The number of hydrogen-bond acceptors (Lipinski definition) is 5. The Balaban J connectivity index is 1.64. The van der Waals surface area contributed by atoms with Crippen LogP contribution in [-0.2, 0) is 12.1 Å². The maximum atomic E-state index is 6.45. The van der Waals surface area contributed by atoms with Gasteiger partial charge in [0.25, 0.3) is 5.89 Å². The minimum atomic E-state index is -0.455. The van der Waals surface area contributed by atoms with E-state index in [1.807, 2.05) is 42.8 Å². The monoisotopic (exact) mass is 371 g/mol. The molecule has 1 aliphatic rings. The third-order valence-corrected chi connectivity index (χ3v) is 5.46. The van der Waals surface area contributed by atoms with Crippen LogP contribution in [0.4, 0.5) is 0 Å². The van der Waals surface area contributed by atoms with Crippen LogP contribution in [0.1, 0.15) is 48.5 Å². The summed E-state index contributed by atoms with van der Waals surface area (Å²) in [7, 11) is 0. The van der Waals surface area contributed by atoms with Gasteiger partial charge in [0.15, 0.2) is 5.82 Å². The summed E-state index contributed by atoms with van der Waals surface area (Å²) in [5, 5.41) is 9.55. The van der Waals surface area contributed by atoms with Crippen molar-refractivity contribution < 1.29 is 4.52 Å². The van der Waals surface area contributed by atoms with Gasteiger partial charge in [-0.15, -0.1) is 0 Å². The molecule has 0 bridgehead atoms. The first-order valence-corrected chi connectivity index (χ1v) is 9.26. The second kappa shape index (κ2) is 6.52. The standard InChI is InChI=1S/C19H22ClN5O/c1-12-16(17-22-18(24-26-17)19(21)9-3-4-10-19)13(2)25(23-12)11-14-5-7-15(20)8-6-14/h5-8H,3-4,9-11,21H2,1-2H3. The summed E-state index contributed by atoms with van der Waals surface area (Å²) < 4.78 is 7.51. The Labute approximate surface area is 157 Å². The SMILES string of the molecule is Cc1nn(Cc2ccc(Cl)cc2)c(C)c1-c1nc(C2(N)CCCC2)no1. The van der Waals surface area contributed by atoms with E-state index in [9.17, 15) is 0 Å². The molecule has 0 amide bonds. The molecule has 26 heavy (non-hydrogen) atoms. The van der Waals surface area contributed by atoms with E-state index in [2.05, 4.69) is 15.2 Å². The van der Waals surface area contributed by atoms with E-state index in [0.717, 1.165) is 53.2 Å². The van der Waals surface area contributed by atoms with Gasteiger partial charge in [0.05, 0.1) is 23.3 Å². The molecule has 1 fully saturated rings. The van der Waals surface area contributed by atoms with E-state index in [1.165, 1.54) is 0 Å². The van der Waals surface area contributed by atoms with Crippen molar-refractivity contribution in [2.24, 2.45) is 5.73 Å². The van der Waals surface area contributed by atoms with Gasteiger partial charge in [-0.1, -0.05) is 41.7 Å². The lowest BCUT2D eigenvalue weighted by Crippen LogP contribution is -2.34. The zero-order chi connectivity index (χ0) is 18.3. The molecule has 0 radical (unpaired) electrons. The molecule has 2 aromatic heterocycles. The van der Waals surface area contributed by atoms with Crippen LogP contribution >= 0.6 is 11.6 Å². The van der Waals surface area contributed by atoms with Crippen molar-refractivity contribution in [1.29, 1.82) is 0 Å². The highest BCUT2D eigenvalue weighted by atomic mass is 35.5. The van der Waals surface area contributed by atoms with Gasteiger partial charge in [-0.3, -0.25) is 4.68 Å². The molecular formula is C19H22ClN5O. The molecule has 1 aliphatic carbocycles. The molecule has 3 aromatic rings. The van der Waals surface area contributed by atoms with E-state index in [4.69, 9.17) is 21.9 Å². The van der Waals surface area contributed by atoms with Crippen LogP contribution in [0.5, 0.6) is 0 Å². The van der Waals surface area contributed by atoms with E-state index in [1.54, 1.807) is 0 Å². The number of halogens is 1. The highest BCUT2D eigenvalue weighted by molar-refractivity contribution is 6.30. The quantitative estimate of drug-likeness (QED) is 0.750. The molecule has 136 valence electrons. The highest BCUT2D eigenvalue weighted by Gasteiger charge is 2.36. The largest absolute Gasteiger partial charge is 0.334 e. The molecule has 1 aromatic carbocycles. The fourth-order valence-electron chi connectivity index (χ4n) is 3.68. The average Bonchev–Trinajstić information content (AvgIpc) is 3.31. The Morgan fingerprint density at radius 1 is 1.19 bits per heavy atom. The van der Waals surface area contributed by atoms with Crippen LogP contribution in [0.3, 0.4) is 0 Å². The Morgan fingerprint density at radius 3 is 2.58 bits per heavy atom. The minimum Gasteiger partial charge on any atom is -0.334 e.